The molecule has 1 saturated carbocycles. The number of H-pyrrole nitrogens is 1. The topological polar surface area (TPSA) is 67.0 Å². The molecule has 1 amide bonds. The molecule has 1 aromatic carbocycles. The molecule has 2 heterocycles. The lowest BCUT2D eigenvalue weighted by atomic mass is 9.85. The Morgan fingerprint density at radius 3 is 2.72 bits per heavy atom. The lowest BCUT2D eigenvalue weighted by Gasteiger charge is -2.23. The predicted octanol–water partition coefficient (Wildman–Crippen LogP) is 4.94. The number of fused-ring (bicyclic) bond motifs is 1. The van der Waals surface area contributed by atoms with Crippen molar-refractivity contribution in [2.75, 3.05) is 11.9 Å². The van der Waals surface area contributed by atoms with E-state index in [0.717, 1.165) is 36.2 Å². The van der Waals surface area contributed by atoms with Crippen molar-refractivity contribution >= 4 is 22.5 Å². The molecule has 0 saturated heterocycles. The summed E-state index contributed by atoms with van der Waals surface area (Å²) in [5, 5.41) is 3.82. The quantitative estimate of drug-likeness (QED) is 0.613. The maximum atomic E-state index is 12.6. The summed E-state index contributed by atoms with van der Waals surface area (Å²) in [6.07, 6.45) is 1.93. The first kappa shape index (κ1) is 19.3. The van der Waals surface area contributed by atoms with Crippen molar-refractivity contribution < 1.29 is 22.7 Å². The fourth-order valence-electron chi connectivity index (χ4n) is 3.22. The van der Waals surface area contributed by atoms with Gasteiger partial charge in [-0.3, -0.25) is 9.78 Å². The van der Waals surface area contributed by atoms with Crippen LogP contribution in [0.1, 0.15) is 30.5 Å². The van der Waals surface area contributed by atoms with Crippen LogP contribution in [0.3, 0.4) is 0 Å². The van der Waals surface area contributed by atoms with Gasteiger partial charge in [0.1, 0.15) is 11.4 Å². The second-order valence-electron chi connectivity index (χ2n) is 7.17. The number of carbonyl (C=O) groups is 1. The zero-order valence-corrected chi connectivity index (χ0v) is 15.6. The molecular weight excluding hydrogens is 383 g/mol. The van der Waals surface area contributed by atoms with E-state index in [2.05, 4.69) is 15.3 Å². The number of carbonyl (C=O) groups excluding carboxylic acids is 1. The molecule has 8 heteroatoms. The molecule has 0 radical (unpaired) electrons. The Kier molecular flexibility index (Phi) is 5.17. The van der Waals surface area contributed by atoms with Crippen LogP contribution in [0.5, 0.6) is 5.75 Å². The largest absolute Gasteiger partial charge is 0.493 e. The molecule has 152 valence electrons. The number of aromatic nitrogens is 2. The molecule has 2 N–H and O–H groups in total. The normalized spacial score (nSPS) is 14.6. The van der Waals surface area contributed by atoms with Crippen LogP contribution in [-0.4, -0.2) is 22.5 Å². The SMILES string of the molecule is O=C(Nc1c[nH]c2ccc(OCCc3ccc(C(F)(F)F)nc3)cc12)C1CCC1. The number of benzene rings is 1. The summed E-state index contributed by atoms with van der Waals surface area (Å²) >= 11 is 0. The van der Waals surface area contributed by atoms with Crippen molar-refractivity contribution in [1.29, 1.82) is 0 Å². The van der Waals surface area contributed by atoms with E-state index in [9.17, 15) is 18.0 Å². The van der Waals surface area contributed by atoms with Crippen molar-refractivity contribution in [3.8, 4) is 5.75 Å². The molecular formula is C21H20F3N3O2. The van der Waals surface area contributed by atoms with Gasteiger partial charge in [-0.1, -0.05) is 12.5 Å². The summed E-state index contributed by atoms with van der Waals surface area (Å²) in [7, 11) is 0. The van der Waals surface area contributed by atoms with Gasteiger partial charge in [0.05, 0.1) is 12.3 Å². The Labute approximate surface area is 165 Å². The van der Waals surface area contributed by atoms with Crippen LogP contribution in [0, 0.1) is 5.92 Å². The van der Waals surface area contributed by atoms with Gasteiger partial charge in [0.15, 0.2) is 0 Å². The summed E-state index contributed by atoms with van der Waals surface area (Å²) < 4.78 is 43.4. The molecule has 0 aliphatic heterocycles. The summed E-state index contributed by atoms with van der Waals surface area (Å²) in [6, 6.07) is 7.89. The second kappa shape index (κ2) is 7.77. The number of pyridine rings is 1. The molecule has 3 aromatic rings. The molecule has 29 heavy (non-hydrogen) atoms. The Morgan fingerprint density at radius 1 is 1.24 bits per heavy atom. The third-order valence-corrected chi connectivity index (χ3v) is 5.16. The smallest absolute Gasteiger partial charge is 0.433 e. The van der Waals surface area contributed by atoms with Crippen molar-refractivity contribution in [1.82, 2.24) is 9.97 Å². The second-order valence-corrected chi connectivity index (χ2v) is 7.17. The number of alkyl halides is 3. The standard InChI is InChI=1S/C21H20F3N3O2/c22-21(23,24)19-7-4-13(11-26-19)8-9-29-15-5-6-17-16(10-15)18(12-25-17)27-20(28)14-2-1-3-14/h4-7,10-12,14,25H,1-3,8-9H2,(H,27,28). The number of ether oxygens (including phenoxy) is 1. The fraction of sp³-hybridized carbons (Fsp3) is 0.333. The molecule has 0 spiro atoms. The van der Waals surface area contributed by atoms with E-state index in [1.165, 1.54) is 12.3 Å². The van der Waals surface area contributed by atoms with Crippen molar-refractivity contribution in [3.63, 3.8) is 0 Å². The van der Waals surface area contributed by atoms with Gasteiger partial charge in [0.25, 0.3) is 0 Å². The summed E-state index contributed by atoms with van der Waals surface area (Å²) in [6.45, 7) is 0.298. The summed E-state index contributed by atoms with van der Waals surface area (Å²) in [5.74, 6) is 0.756. The average molecular weight is 403 g/mol. The highest BCUT2D eigenvalue weighted by molar-refractivity contribution is 6.02. The van der Waals surface area contributed by atoms with Gasteiger partial charge in [-0.05, 0) is 42.7 Å². The van der Waals surface area contributed by atoms with Gasteiger partial charge in [-0.15, -0.1) is 0 Å². The highest BCUT2D eigenvalue weighted by Gasteiger charge is 2.32. The number of rotatable bonds is 6. The van der Waals surface area contributed by atoms with E-state index in [0.29, 0.717) is 30.0 Å². The number of halogens is 3. The number of anilines is 1. The molecule has 2 aromatic heterocycles. The van der Waals surface area contributed by atoms with E-state index in [1.54, 1.807) is 12.3 Å². The molecule has 1 aliphatic carbocycles. The average Bonchev–Trinajstić information content (AvgIpc) is 3.02. The number of amides is 1. The Bertz CT molecular complexity index is 1010. The third kappa shape index (κ3) is 4.36. The number of nitrogens with zero attached hydrogens (tertiary/aromatic N) is 1. The first-order chi connectivity index (χ1) is 13.9. The Hall–Kier alpha value is -3.03. The molecule has 0 atom stereocenters. The summed E-state index contributed by atoms with van der Waals surface area (Å²) in [5.41, 5.74) is 1.35. The van der Waals surface area contributed by atoms with Crippen LogP contribution in [0.25, 0.3) is 10.9 Å². The van der Waals surface area contributed by atoms with Gasteiger partial charge in [0.2, 0.25) is 5.91 Å². The molecule has 0 bridgehead atoms. The molecule has 0 unspecified atom stereocenters. The van der Waals surface area contributed by atoms with E-state index < -0.39 is 11.9 Å². The van der Waals surface area contributed by atoms with Gasteiger partial charge in [0, 0.05) is 35.6 Å². The number of hydrogen-bond donors (Lipinski definition) is 2. The zero-order valence-electron chi connectivity index (χ0n) is 15.6. The Morgan fingerprint density at radius 2 is 2.07 bits per heavy atom. The number of nitrogens with one attached hydrogen (secondary N) is 2. The van der Waals surface area contributed by atoms with Crippen molar-refractivity contribution in [3.05, 3.63) is 54.0 Å². The van der Waals surface area contributed by atoms with Crippen LogP contribution in [-0.2, 0) is 17.4 Å². The van der Waals surface area contributed by atoms with Gasteiger partial charge < -0.3 is 15.0 Å². The van der Waals surface area contributed by atoms with Crippen LogP contribution in [0.2, 0.25) is 0 Å². The van der Waals surface area contributed by atoms with E-state index >= 15 is 0 Å². The zero-order chi connectivity index (χ0) is 20.4. The monoisotopic (exact) mass is 403 g/mol. The van der Waals surface area contributed by atoms with Gasteiger partial charge in [-0.2, -0.15) is 13.2 Å². The van der Waals surface area contributed by atoms with Crippen LogP contribution in [0.4, 0.5) is 18.9 Å². The number of aromatic amines is 1. The molecule has 5 nitrogen and oxygen atoms in total. The van der Waals surface area contributed by atoms with E-state index in [4.69, 9.17) is 4.74 Å². The maximum absolute atomic E-state index is 12.6. The van der Waals surface area contributed by atoms with Gasteiger partial charge >= 0.3 is 6.18 Å². The maximum Gasteiger partial charge on any atom is 0.433 e. The van der Waals surface area contributed by atoms with Crippen molar-refractivity contribution in [2.45, 2.75) is 31.9 Å². The van der Waals surface area contributed by atoms with Crippen LogP contribution < -0.4 is 10.1 Å². The lowest BCUT2D eigenvalue weighted by molar-refractivity contribution is -0.141. The lowest BCUT2D eigenvalue weighted by Crippen LogP contribution is -2.27. The number of hydrogen-bond acceptors (Lipinski definition) is 3. The fourth-order valence-corrected chi connectivity index (χ4v) is 3.22. The molecule has 1 aliphatic rings. The predicted molar refractivity (Wildman–Crippen MR) is 103 cm³/mol. The van der Waals surface area contributed by atoms with Gasteiger partial charge in [-0.25, -0.2) is 0 Å². The van der Waals surface area contributed by atoms with E-state index in [1.807, 2.05) is 12.1 Å². The summed E-state index contributed by atoms with van der Waals surface area (Å²) in [4.78, 5) is 18.8. The minimum absolute atomic E-state index is 0.0401. The molecule has 4 rings (SSSR count). The minimum atomic E-state index is -4.44. The minimum Gasteiger partial charge on any atom is -0.493 e. The highest BCUT2D eigenvalue weighted by atomic mass is 19.4. The third-order valence-electron chi connectivity index (χ3n) is 5.16. The van der Waals surface area contributed by atoms with Crippen molar-refractivity contribution in [2.24, 2.45) is 5.92 Å². The van der Waals surface area contributed by atoms with Crippen LogP contribution in [0.15, 0.2) is 42.7 Å². The highest BCUT2D eigenvalue weighted by Crippen LogP contribution is 2.31. The first-order valence-corrected chi connectivity index (χ1v) is 9.47. The van der Waals surface area contributed by atoms with Crippen LogP contribution >= 0.6 is 0 Å². The first-order valence-electron chi connectivity index (χ1n) is 9.47. The van der Waals surface area contributed by atoms with E-state index in [-0.39, 0.29) is 11.8 Å². The Balaban J connectivity index is 1.38. The molecule has 1 fully saturated rings.